The Morgan fingerprint density at radius 2 is 2.00 bits per heavy atom. The highest BCUT2D eigenvalue weighted by Crippen LogP contribution is 2.23. The number of hydrogen-bond donors (Lipinski definition) is 1. The molecule has 0 fully saturated rings. The second-order valence-corrected chi connectivity index (χ2v) is 4.68. The molecule has 0 amide bonds. The lowest BCUT2D eigenvalue weighted by Gasteiger charge is -2.07. The fourth-order valence-electron chi connectivity index (χ4n) is 1.55. The van der Waals surface area contributed by atoms with Crippen LogP contribution in [0.3, 0.4) is 0 Å². The van der Waals surface area contributed by atoms with E-state index in [1.165, 1.54) is 0 Å². The Morgan fingerprint density at radius 3 is 2.61 bits per heavy atom. The SMILES string of the molecule is Cc1noc(CCNCc2c(Cl)cccc2Cl)n1. The molecule has 4 nitrogen and oxygen atoms in total. The highest BCUT2D eigenvalue weighted by molar-refractivity contribution is 6.35. The normalized spacial score (nSPS) is 10.8. The lowest BCUT2D eigenvalue weighted by atomic mass is 10.2. The van der Waals surface area contributed by atoms with E-state index in [1.54, 1.807) is 6.92 Å². The molecule has 0 unspecified atom stereocenters. The van der Waals surface area contributed by atoms with Crippen molar-refractivity contribution in [1.82, 2.24) is 15.5 Å². The van der Waals surface area contributed by atoms with Crippen LogP contribution >= 0.6 is 23.2 Å². The maximum absolute atomic E-state index is 6.06. The van der Waals surface area contributed by atoms with E-state index in [4.69, 9.17) is 27.7 Å². The molecule has 18 heavy (non-hydrogen) atoms. The third kappa shape index (κ3) is 3.45. The van der Waals surface area contributed by atoms with Gasteiger partial charge in [0.05, 0.1) is 0 Å². The number of aryl methyl sites for hydroxylation is 1. The number of nitrogens with zero attached hydrogens (tertiary/aromatic N) is 2. The van der Waals surface area contributed by atoms with Crippen molar-refractivity contribution in [2.75, 3.05) is 6.54 Å². The van der Waals surface area contributed by atoms with Crippen molar-refractivity contribution in [1.29, 1.82) is 0 Å². The summed E-state index contributed by atoms with van der Waals surface area (Å²) in [5, 5.41) is 8.31. The first-order valence-corrected chi connectivity index (χ1v) is 6.35. The molecular formula is C12H13Cl2N3O. The maximum Gasteiger partial charge on any atom is 0.227 e. The topological polar surface area (TPSA) is 51.0 Å². The zero-order chi connectivity index (χ0) is 13.0. The van der Waals surface area contributed by atoms with Crippen LogP contribution in [0.25, 0.3) is 0 Å². The molecule has 2 rings (SSSR count). The van der Waals surface area contributed by atoms with Crippen LogP contribution in [0.4, 0.5) is 0 Å². The summed E-state index contributed by atoms with van der Waals surface area (Å²) in [6.45, 7) is 3.14. The van der Waals surface area contributed by atoms with E-state index in [0.29, 0.717) is 34.7 Å². The minimum absolute atomic E-state index is 0.617. The zero-order valence-electron chi connectivity index (χ0n) is 9.91. The molecule has 0 atom stereocenters. The van der Waals surface area contributed by atoms with Gasteiger partial charge in [0.2, 0.25) is 5.89 Å². The van der Waals surface area contributed by atoms with Gasteiger partial charge in [0.25, 0.3) is 0 Å². The van der Waals surface area contributed by atoms with Crippen LogP contribution in [0.5, 0.6) is 0 Å². The summed E-state index contributed by atoms with van der Waals surface area (Å²) in [7, 11) is 0. The maximum atomic E-state index is 6.06. The second-order valence-electron chi connectivity index (χ2n) is 3.86. The van der Waals surface area contributed by atoms with Gasteiger partial charge in [-0.2, -0.15) is 4.98 Å². The smallest absolute Gasteiger partial charge is 0.227 e. The molecule has 1 N–H and O–H groups in total. The highest BCUT2D eigenvalue weighted by Gasteiger charge is 2.05. The minimum Gasteiger partial charge on any atom is -0.339 e. The van der Waals surface area contributed by atoms with Crippen LogP contribution in [-0.2, 0) is 13.0 Å². The predicted molar refractivity (Wildman–Crippen MR) is 70.9 cm³/mol. The Morgan fingerprint density at radius 1 is 1.28 bits per heavy atom. The molecule has 1 aromatic heterocycles. The van der Waals surface area contributed by atoms with E-state index >= 15 is 0 Å². The summed E-state index contributed by atoms with van der Waals surface area (Å²) in [5.41, 5.74) is 0.905. The molecule has 0 aliphatic carbocycles. The number of halogens is 2. The van der Waals surface area contributed by atoms with Gasteiger partial charge in [-0.15, -0.1) is 0 Å². The number of hydrogen-bond acceptors (Lipinski definition) is 4. The van der Waals surface area contributed by atoms with E-state index in [2.05, 4.69) is 15.5 Å². The summed E-state index contributed by atoms with van der Waals surface area (Å²) in [6, 6.07) is 5.48. The largest absolute Gasteiger partial charge is 0.339 e. The van der Waals surface area contributed by atoms with Crippen molar-refractivity contribution >= 4 is 23.2 Å². The molecule has 96 valence electrons. The Balaban J connectivity index is 1.82. The zero-order valence-corrected chi connectivity index (χ0v) is 11.4. The third-order valence-electron chi connectivity index (χ3n) is 2.45. The Bertz CT molecular complexity index is 508. The molecule has 0 spiro atoms. The second kappa shape index (κ2) is 6.18. The molecule has 2 aromatic rings. The molecule has 0 aliphatic heterocycles. The molecule has 1 aromatic carbocycles. The first-order valence-electron chi connectivity index (χ1n) is 5.59. The first kappa shape index (κ1) is 13.3. The quantitative estimate of drug-likeness (QED) is 0.858. The molecule has 0 aliphatic rings. The van der Waals surface area contributed by atoms with Crippen molar-refractivity contribution in [3.63, 3.8) is 0 Å². The van der Waals surface area contributed by atoms with Gasteiger partial charge in [0, 0.05) is 35.1 Å². The molecule has 6 heteroatoms. The van der Waals surface area contributed by atoms with Gasteiger partial charge in [-0.05, 0) is 19.1 Å². The van der Waals surface area contributed by atoms with Gasteiger partial charge in [0.1, 0.15) is 0 Å². The van der Waals surface area contributed by atoms with Crippen LogP contribution in [0.2, 0.25) is 10.0 Å². The lowest BCUT2D eigenvalue weighted by Crippen LogP contribution is -2.17. The van der Waals surface area contributed by atoms with Crippen molar-refractivity contribution in [3.05, 3.63) is 45.5 Å². The average Bonchev–Trinajstić information content (AvgIpc) is 2.73. The Hall–Kier alpha value is -1.10. The van der Waals surface area contributed by atoms with Gasteiger partial charge in [-0.1, -0.05) is 34.4 Å². The predicted octanol–water partition coefficient (Wildman–Crippen LogP) is 3.02. The van der Waals surface area contributed by atoms with Gasteiger partial charge in [-0.25, -0.2) is 0 Å². The molecule has 0 bridgehead atoms. The average molecular weight is 286 g/mol. The summed E-state index contributed by atoms with van der Waals surface area (Å²) in [4.78, 5) is 4.12. The lowest BCUT2D eigenvalue weighted by molar-refractivity contribution is 0.372. The summed E-state index contributed by atoms with van der Waals surface area (Å²) in [6.07, 6.45) is 0.683. The fraction of sp³-hybridized carbons (Fsp3) is 0.333. The van der Waals surface area contributed by atoms with E-state index < -0.39 is 0 Å². The Kier molecular flexibility index (Phi) is 4.58. The summed E-state index contributed by atoms with van der Waals surface area (Å²) in [5.74, 6) is 1.28. The van der Waals surface area contributed by atoms with Crippen molar-refractivity contribution in [3.8, 4) is 0 Å². The van der Waals surface area contributed by atoms with E-state index in [0.717, 1.165) is 12.1 Å². The van der Waals surface area contributed by atoms with Crippen LogP contribution in [0.1, 0.15) is 17.3 Å². The van der Waals surface area contributed by atoms with Crippen molar-refractivity contribution < 1.29 is 4.52 Å². The fourth-order valence-corrected chi connectivity index (χ4v) is 2.08. The number of benzene rings is 1. The van der Waals surface area contributed by atoms with Gasteiger partial charge in [0.15, 0.2) is 5.82 Å². The van der Waals surface area contributed by atoms with E-state index in [9.17, 15) is 0 Å². The summed E-state index contributed by atoms with van der Waals surface area (Å²) < 4.78 is 5.01. The molecular weight excluding hydrogens is 273 g/mol. The standard InChI is InChI=1S/C12H13Cl2N3O/c1-8-16-12(18-17-8)5-6-15-7-9-10(13)3-2-4-11(9)14/h2-4,15H,5-7H2,1H3. The number of nitrogens with one attached hydrogen (secondary N) is 1. The Labute approximate surface area is 115 Å². The van der Waals surface area contributed by atoms with E-state index in [-0.39, 0.29) is 0 Å². The summed E-state index contributed by atoms with van der Waals surface area (Å²) >= 11 is 12.1. The number of aromatic nitrogens is 2. The molecule has 1 heterocycles. The van der Waals surface area contributed by atoms with Crippen LogP contribution < -0.4 is 5.32 Å². The third-order valence-corrected chi connectivity index (χ3v) is 3.16. The van der Waals surface area contributed by atoms with Crippen LogP contribution in [0, 0.1) is 6.92 Å². The molecule has 0 saturated heterocycles. The van der Waals surface area contributed by atoms with E-state index in [1.807, 2.05) is 18.2 Å². The van der Waals surface area contributed by atoms with Crippen molar-refractivity contribution in [2.24, 2.45) is 0 Å². The molecule has 0 saturated carbocycles. The number of rotatable bonds is 5. The van der Waals surface area contributed by atoms with Crippen molar-refractivity contribution in [2.45, 2.75) is 19.9 Å². The highest BCUT2D eigenvalue weighted by atomic mass is 35.5. The monoisotopic (exact) mass is 285 g/mol. The van der Waals surface area contributed by atoms with Gasteiger partial charge in [-0.3, -0.25) is 0 Å². The first-order chi connectivity index (χ1) is 8.66. The van der Waals surface area contributed by atoms with Crippen LogP contribution in [0.15, 0.2) is 22.7 Å². The minimum atomic E-state index is 0.617. The molecule has 0 radical (unpaired) electrons. The van der Waals surface area contributed by atoms with Gasteiger partial charge >= 0.3 is 0 Å². The van der Waals surface area contributed by atoms with Crippen LogP contribution in [-0.4, -0.2) is 16.7 Å². The van der Waals surface area contributed by atoms with Gasteiger partial charge < -0.3 is 9.84 Å².